The smallest absolute Gasteiger partial charge is 0.261 e. The summed E-state index contributed by atoms with van der Waals surface area (Å²) in [7, 11) is -3.97. The van der Waals surface area contributed by atoms with Crippen molar-refractivity contribution >= 4 is 21.6 Å². The van der Waals surface area contributed by atoms with Crippen LogP contribution >= 0.6 is 0 Å². The van der Waals surface area contributed by atoms with Gasteiger partial charge >= 0.3 is 0 Å². The van der Waals surface area contributed by atoms with Crippen molar-refractivity contribution in [3.05, 3.63) is 59.9 Å². The van der Waals surface area contributed by atoms with Gasteiger partial charge in [0.1, 0.15) is 5.82 Å². The normalized spacial score (nSPS) is 11.2. The molecule has 0 bridgehead atoms. The van der Waals surface area contributed by atoms with E-state index in [1.165, 1.54) is 47.4 Å². The first-order valence-corrected chi connectivity index (χ1v) is 9.15. The topological polar surface area (TPSA) is 86.7 Å². The number of hydrogen-bond donors (Lipinski definition) is 2. The van der Waals surface area contributed by atoms with Crippen molar-refractivity contribution in [1.29, 1.82) is 0 Å². The number of benzene rings is 2. The lowest BCUT2D eigenvalue weighted by atomic mass is 10.2. The van der Waals surface area contributed by atoms with Gasteiger partial charge in [0, 0.05) is 18.7 Å². The van der Waals surface area contributed by atoms with Crippen molar-refractivity contribution in [3.63, 3.8) is 0 Å². The van der Waals surface area contributed by atoms with Gasteiger partial charge in [-0.1, -0.05) is 12.1 Å². The molecule has 0 heterocycles. The summed E-state index contributed by atoms with van der Waals surface area (Å²) < 4.78 is 40.4. The monoisotopic (exact) mass is 366 g/mol. The van der Waals surface area contributed by atoms with Crippen molar-refractivity contribution in [2.45, 2.75) is 11.8 Å². The first-order chi connectivity index (χ1) is 11.9. The molecule has 2 aromatic rings. The average molecular weight is 366 g/mol. The summed E-state index contributed by atoms with van der Waals surface area (Å²) in [5.41, 5.74) is 0.155. The summed E-state index contributed by atoms with van der Waals surface area (Å²) in [4.78, 5) is 13.6. The number of rotatable bonds is 7. The maximum absolute atomic E-state index is 13.6. The number of halogens is 1. The van der Waals surface area contributed by atoms with Crippen LogP contribution in [0.2, 0.25) is 0 Å². The number of likely N-dealkylation sites (N-methyl/N-ethyl adjacent to an activating group) is 1. The van der Waals surface area contributed by atoms with Gasteiger partial charge in [0.15, 0.2) is 0 Å². The van der Waals surface area contributed by atoms with Crippen LogP contribution < -0.4 is 4.72 Å². The highest BCUT2D eigenvalue weighted by atomic mass is 32.2. The largest absolute Gasteiger partial charge is 0.395 e. The molecule has 0 aliphatic heterocycles. The minimum Gasteiger partial charge on any atom is -0.395 e. The molecule has 2 rings (SSSR count). The Morgan fingerprint density at radius 1 is 1.16 bits per heavy atom. The van der Waals surface area contributed by atoms with Gasteiger partial charge < -0.3 is 10.0 Å². The molecule has 0 fully saturated rings. The van der Waals surface area contributed by atoms with Crippen molar-refractivity contribution in [1.82, 2.24) is 4.90 Å². The summed E-state index contributed by atoms with van der Waals surface area (Å²) in [6.45, 7) is 2.25. The quantitative estimate of drug-likeness (QED) is 0.785. The molecule has 0 aromatic heterocycles. The van der Waals surface area contributed by atoms with Crippen molar-refractivity contribution in [2.24, 2.45) is 0 Å². The highest BCUT2D eigenvalue weighted by Gasteiger charge is 2.18. The molecule has 0 radical (unpaired) electrons. The van der Waals surface area contributed by atoms with Crippen molar-refractivity contribution in [3.8, 4) is 0 Å². The summed E-state index contributed by atoms with van der Waals surface area (Å²) in [5, 5.41) is 8.96. The van der Waals surface area contributed by atoms with Gasteiger partial charge in [0.2, 0.25) is 0 Å². The van der Waals surface area contributed by atoms with Gasteiger partial charge in [0.05, 0.1) is 17.2 Å². The number of amides is 1. The Morgan fingerprint density at radius 3 is 2.36 bits per heavy atom. The van der Waals surface area contributed by atoms with E-state index in [4.69, 9.17) is 5.11 Å². The molecule has 0 aliphatic carbocycles. The zero-order chi connectivity index (χ0) is 18.4. The molecular weight excluding hydrogens is 347 g/mol. The minimum atomic E-state index is -3.97. The van der Waals surface area contributed by atoms with Crippen LogP contribution in [-0.2, 0) is 10.0 Å². The third-order valence-electron chi connectivity index (χ3n) is 3.57. The SMILES string of the molecule is CCN(CCO)C(=O)c1ccc(S(=O)(=O)Nc2ccccc2F)cc1. The van der Waals surface area contributed by atoms with E-state index >= 15 is 0 Å². The summed E-state index contributed by atoms with van der Waals surface area (Å²) in [6, 6.07) is 10.8. The van der Waals surface area contributed by atoms with Gasteiger partial charge in [-0.3, -0.25) is 9.52 Å². The minimum absolute atomic E-state index is 0.0856. The predicted molar refractivity (Wildman–Crippen MR) is 92.3 cm³/mol. The van der Waals surface area contributed by atoms with E-state index in [9.17, 15) is 17.6 Å². The van der Waals surface area contributed by atoms with E-state index in [2.05, 4.69) is 4.72 Å². The molecule has 134 valence electrons. The Kier molecular flexibility index (Phi) is 6.11. The molecule has 0 saturated carbocycles. The fraction of sp³-hybridized carbons (Fsp3) is 0.235. The molecule has 0 unspecified atom stereocenters. The maximum atomic E-state index is 13.6. The molecule has 2 N–H and O–H groups in total. The van der Waals surface area contributed by atoms with E-state index in [-0.39, 0.29) is 29.6 Å². The summed E-state index contributed by atoms with van der Waals surface area (Å²) in [6.07, 6.45) is 0. The Bertz CT molecular complexity index is 838. The number of aliphatic hydroxyl groups excluding tert-OH is 1. The highest BCUT2D eigenvalue weighted by molar-refractivity contribution is 7.92. The number of nitrogens with zero attached hydrogens (tertiary/aromatic N) is 1. The van der Waals surface area contributed by atoms with Crippen molar-refractivity contribution in [2.75, 3.05) is 24.4 Å². The molecule has 1 amide bonds. The summed E-state index contributed by atoms with van der Waals surface area (Å²) in [5.74, 6) is -0.983. The second-order valence-electron chi connectivity index (χ2n) is 5.22. The number of anilines is 1. The van der Waals surface area contributed by atoms with Crippen LogP contribution in [0.25, 0.3) is 0 Å². The summed E-state index contributed by atoms with van der Waals surface area (Å²) >= 11 is 0. The van der Waals surface area contributed by atoms with Crippen LogP contribution in [0.4, 0.5) is 10.1 Å². The van der Waals surface area contributed by atoms with E-state index in [1.54, 1.807) is 6.92 Å². The van der Waals surface area contributed by atoms with Gasteiger partial charge in [-0.15, -0.1) is 0 Å². The van der Waals surface area contributed by atoms with Crippen LogP contribution in [0.3, 0.4) is 0 Å². The van der Waals surface area contributed by atoms with Gasteiger partial charge in [-0.05, 0) is 43.3 Å². The fourth-order valence-corrected chi connectivity index (χ4v) is 3.30. The predicted octanol–water partition coefficient (Wildman–Crippen LogP) is 2.08. The molecule has 0 aliphatic rings. The number of hydrogen-bond acceptors (Lipinski definition) is 4. The maximum Gasteiger partial charge on any atom is 0.261 e. The average Bonchev–Trinajstić information content (AvgIpc) is 2.61. The second kappa shape index (κ2) is 8.09. The first-order valence-electron chi connectivity index (χ1n) is 7.66. The van der Waals surface area contributed by atoms with Gasteiger partial charge in [0.25, 0.3) is 15.9 Å². The van der Waals surface area contributed by atoms with Crippen LogP contribution in [0.5, 0.6) is 0 Å². The number of carbonyl (C=O) groups is 1. The Labute approximate surface area is 146 Å². The molecule has 0 spiro atoms. The Hall–Kier alpha value is -2.45. The zero-order valence-electron chi connectivity index (χ0n) is 13.6. The first kappa shape index (κ1) is 18.9. The van der Waals surface area contributed by atoms with Crippen molar-refractivity contribution < 1.29 is 22.7 Å². The second-order valence-corrected chi connectivity index (χ2v) is 6.90. The third kappa shape index (κ3) is 4.55. The van der Waals surface area contributed by atoms with E-state index in [0.29, 0.717) is 12.1 Å². The highest BCUT2D eigenvalue weighted by Crippen LogP contribution is 2.19. The zero-order valence-corrected chi connectivity index (χ0v) is 14.5. The van der Waals surface area contributed by atoms with E-state index < -0.39 is 15.8 Å². The van der Waals surface area contributed by atoms with Crippen LogP contribution in [0.15, 0.2) is 53.4 Å². The van der Waals surface area contributed by atoms with E-state index in [1.807, 2.05) is 0 Å². The Morgan fingerprint density at radius 2 is 1.80 bits per heavy atom. The molecule has 0 atom stereocenters. The lowest BCUT2D eigenvalue weighted by Gasteiger charge is -2.19. The number of nitrogens with one attached hydrogen (secondary N) is 1. The molecule has 8 heteroatoms. The van der Waals surface area contributed by atoms with Crippen LogP contribution in [-0.4, -0.2) is 44.0 Å². The lowest BCUT2D eigenvalue weighted by Crippen LogP contribution is -2.33. The Balaban J connectivity index is 2.21. The fourth-order valence-electron chi connectivity index (χ4n) is 2.23. The third-order valence-corrected chi connectivity index (χ3v) is 4.95. The molecule has 0 saturated heterocycles. The van der Waals surface area contributed by atoms with Gasteiger partial charge in [-0.2, -0.15) is 0 Å². The van der Waals surface area contributed by atoms with Crippen LogP contribution in [0.1, 0.15) is 17.3 Å². The standard InChI is InChI=1S/C17H19FN2O4S/c1-2-20(11-12-21)17(22)13-7-9-14(10-8-13)25(23,24)19-16-6-4-3-5-15(16)18/h3-10,19,21H,2,11-12H2,1H3. The molecule has 6 nitrogen and oxygen atoms in total. The van der Waals surface area contributed by atoms with Gasteiger partial charge in [-0.25, -0.2) is 12.8 Å². The lowest BCUT2D eigenvalue weighted by molar-refractivity contribution is 0.0732. The molecular formula is C17H19FN2O4S. The van der Waals surface area contributed by atoms with E-state index in [0.717, 1.165) is 6.07 Å². The number of para-hydroxylation sites is 1. The molecule has 25 heavy (non-hydrogen) atoms. The molecule has 2 aromatic carbocycles. The number of carbonyl (C=O) groups excluding carboxylic acids is 1. The number of aliphatic hydroxyl groups is 1. The number of sulfonamides is 1. The van der Waals surface area contributed by atoms with Crippen LogP contribution in [0, 0.1) is 5.82 Å².